The predicted octanol–water partition coefficient (Wildman–Crippen LogP) is 4.71. The summed E-state index contributed by atoms with van der Waals surface area (Å²) in [7, 11) is 1.37. The number of nitrogens with one attached hydrogen (secondary N) is 1. The monoisotopic (exact) mass is 522 g/mol. The van der Waals surface area contributed by atoms with Gasteiger partial charge in [-0.1, -0.05) is 30.4 Å². The first-order valence-electron chi connectivity index (χ1n) is 11.8. The van der Waals surface area contributed by atoms with Gasteiger partial charge in [0.1, 0.15) is 11.6 Å². The van der Waals surface area contributed by atoms with Crippen LogP contribution in [0.25, 0.3) is 11.3 Å². The number of carbonyl (C=O) groups excluding carboxylic acids is 1. The molecule has 11 heteroatoms. The minimum absolute atomic E-state index is 0.0436. The molecule has 0 fully saturated rings. The van der Waals surface area contributed by atoms with Gasteiger partial charge in [-0.3, -0.25) is 14.8 Å². The van der Waals surface area contributed by atoms with Crippen LogP contribution in [0.5, 0.6) is 5.75 Å². The molecule has 2 aromatic heterocycles. The van der Waals surface area contributed by atoms with E-state index in [4.69, 9.17) is 4.74 Å². The van der Waals surface area contributed by atoms with Gasteiger partial charge in [-0.15, -0.1) is 0 Å². The Balaban J connectivity index is 1.39. The number of para-hydroxylation sites is 1. The van der Waals surface area contributed by atoms with Crippen LogP contribution >= 0.6 is 0 Å². The number of aromatic nitrogens is 3. The van der Waals surface area contributed by atoms with Gasteiger partial charge in [-0.25, -0.2) is 9.67 Å². The summed E-state index contributed by atoms with van der Waals surface area (Å²) < 4.78 is 47.7. The minimum Gasteiger partial charge on any atom is -0.469 e. The number of nitrogens with zero attached hydrogens (tertiary/aromatic N) is 5. The Hall–Kier alpha value is -4.54. The fourth-order valence-corrected chi connectivity index (χ4v) is 3.64. The van der Waals surface area contributed by atoms with Gasteiger partial charge in [0.05, 0.1) is 11.3 Å². The third-order valence-corrected chi connectivity index (χ3v) is 5.49. The lowest BCUT2D eigenvalue weighted by Gasteiger charge is -2.13. The van der Waals surface area contributed by atoms with Crippen LogP contribution in [-0.4, -0.2) is 52.5 Å². The molecule has 0 spiro atoms. The minimum atomic E-state index is -4.65. The molecular weight excluding hydrogens is 497 g/mol. The highest BCUT2D eigenvalue weighted by atomic mass is 19.4. The maximum atomic E-state index is 13.7. The molecule has 1 amide bonds. The Bertz CT molecular complexity index is 1360. The normalized spacial score (nSPS) is 16.3. The average molecular weight is 523 g/mol. The van der Waals surface area contributed by atoms with Crippen molar-refractivity contribution in [3.8, 4) is 17.0 Å². The SMILES string of the molecule is CN=C(/C=C\CNC(=O)C1=CCCC(Oc2ccccc2)N=C1)n1nc(-c2cccnc2)cc1C(F)(F)F. The van der Waals surface area contributed by atoms with Crippen LogP contribution in [0.1, 0.15) is 18.5 Å². The molecule has 1 aromatic carbocycles. The molecule has 0 saturated carbocycles. The summed E-state index contributed by atoms with van der Waals surface area (Å²) in [6.07, 6.45) is 5.22. The van der Waals surface area contributed by atoms with E-state index in [0.29, 0.717) is 29.7 Å². The lowest BCUT2D eigenvalue weighted by molar-refractivity contribution is -0.142. The Labute approximate surface area is 217 Å². The second-order valence-electron chi connectivity index (χ2n) is 8.16. The zero-order valence-corrected chi connectivity index (χ0v) is 20.5. The van der Waals surface area contributed by atoms with Gasteiger partial charge < -0.3 is 10.1 Å². The van der Waals surface area contributed by atoms with Gasteiger partial charge in [0.15, 0.2) is 11.9 Å². The number of alkyl halides is 3. The summed E-state index contributed by atoms with van der Waals surface area (Å²) in [5, 5.41) is 6.81. The van der Waals surface area contributed by atoms with Crippen molar-refractivity contribution >= 4 is 18.0 Å². The number of carbonyl (C=O) groups is 1. The molecule has 38 heavy (non-hydrogen) atoms. The lowest BCUT2D eigenvalue weighted by atomic mass is 10.2. The van der Waals surface area contributed by atoms with Crippen molar-refractivity contribution in [3.63, 3.8) is 0 Å². The molecule has 1 unspecified atom stereocenters. The third kappa shape index (κ3) is 6.81. The molecule has 1 aliphatic rings. The average Bonchev–Trinajstić information content (AvgIpc) is 3.25. The second kappa shape index (κ2) is 12.1. The Morgan fingerprint density at radius 2 is 2.05 bits per heavy atom. The molecule has 1 N–H and O–H groups in total. The zero-order valence-electron chi connectivity index (χ0n) is 20.5. The molecule has 0 radical (unpaired) electrons. The van der Waals surface area contributed by atoms with Crippen molar-refractivity contribution in [3.05, 3.63) is 90.4 Å². The molecule has 3 aromatic rings. The van der Waals surface area contributed by atoms with Crippen LogP contribution < -0.4 is 10.1 Å². The molecule has 1 aliphatic heterocycles. The summed E-state index contributed by atoms with van der Waals surface area (Å²) in [5.41, 5.74) is -0.0344. The topological polar surface area (TPSA) is 93.8 Å². The highest BCUT2D eigenvalue weighted by Gasteiger charge is 2.37. The first kappa shape index (κ1) is 26.5. The van der Waals surface area contributed by atoms with E-state index in [1.165, 1.54) is 37.8 Å². The highest BCUT2D eigenvalue weighted by molar-refractivity contribution is 6.12. The number of rotatable bonds is 7. The molecular formula is C27H25F3N6O2. The van der Waals surface area contributed by atoms with E-state index in [0.717, 1.165) is 10.7 Å². The maximum Gasteiger partial charge on any atom is 0.433 e. The summed E-state index contributed by atoms with van der Waals surface area (Å²) >= 11 is 0. The highest BCUT2D eigenvalue weighted by Crippen LogP contribution is 2.32. The number of halogens is 3. The molecule has 1 atom stereocenters. The number of hydrogen-bond donors (Lipinski definition) is 1. The molecule has 0 saturated heterocycles. The molecule has 8 nitrogen and oxygen atoms in total. The van der Waals surface area contributed by atoms with E-state index in [1.54, 1.807) is 18.2 Å². The fraction of sp³-hybridized carbons (Fsp3) is 0.222. The summed E-state index contributed by atoms with van der Waals surface area (Å²) in [4.78, 5) is 24.8. The molecule has 0 aliphatic carbocycles. The number of aliphatic imine (C=N–C) groups is 2. The van der Waals surface area contributed by atoms with Crippen LogP contribution in [-0.2, 0) is 11.0 Å². The molecule has 196 valence electrons. The summed E-state index contributed by atoms with van der Waals surface area (Å²) in [5.74, 6) is 0.292. The maximum absolute atomic E-state index is 13.7. The van der Waals surface area contributed by atoms with Crippen LogP contribution in [0.15, 0.2) is 94.7 Å². The van der Waals surface area contributed by atoms with Gasteiger partial charge in [-0.05, 0) is 42.8 Å². The van der Waals surface area contributed by atoms with Crippen molar-refractivity contribution in [1.29, 1.82) is 0 Å². The van der Waals surface area contributed by atoms with Crippen LogP contribution in [0, 0.1) is 0 Å². The fourth-order valence-electron chi connectivity index (χ4n) is 3.64. The van der Waals surface area contributed by atoms with Crippen LogP contribution in [0.2, 0.25) is 0 Å². The van der Waals surface area contributed by atoms with E-state index in [-0.39, 0.29) is 24.0 Å². The number of hydrogen-bond acceptors (Lipinski definition) is 6. The smallest absolute Gasteiger partial charge is 0.433 e. The standard InChI is InChI=1S/C27H25F3N6O2/c1-31-24(36-23(27(28,29)30)16-22(35-36)19-9-6-14-32-17-19)12-7-15-33-26(37)20-8-5-13-25(34-18-20)38-21-10-3-2-4-11-21/h2-4,6-12,14,16-18,25H,5,13,15H2,1H3,(H,33,37)/b12-7-,31-24?. The molecule has 0 bridgehead atoms. The van der Waals surface area contributed by atoms with Gasteiger partial charge in [0.2, 0.25) is 0 Å². The van der Waals surface area contributed by atoms with Gasteiger partial charge in [0.25, 0.3) is 5.91 Å². The van der Waals surface area contributed by atoms with E-state index >= 15 is 0 Å². The zero-order chi connectivity index (χ0) is 27.0. The molecule has 3 heterocycles. The summed E-state index contributed by atoms with van der Waals surface area (Å²) in [6, 6.07) is 13.5. The first-order chi connectivity index (χ1) is 18.3. The first-order valence-corrected chi connectivity index (χ1v) is 11.8. The number of ether oxygens (including phenoxy) is 1. The number of allylic oxidation sites excluding steroid dienone is 2. The summed E-state index contributed by atoms with van der Waals surface area (Å²) in [6.45, 7) is 0.0606. The Morgan fingerprint density at radius 1 is 1.24 bits per heavy atom. The van der Waals surface area contributed by atoms with E-state index in [1.807, 2.05) is 30.3 Å². The number of benzene rings is 1. The largest absolute Gasteiger partial charge is 0.469 e. The van der Waals surface area contributed by atoms with Gasteiger partial charge in [-0.2, -0.15) is 18.3 Å². The number of amides is 1. The van der Waals surface area contributed by atoms with Gasteiger partial charge >= 0.3 is 6.18 Å². The molecule has 4 rings (SSSR count). The van der Waals surface area contributed by atoms with Crippen molar-refractivity contribution in [2.75, 3.05) is 13.6 Å². The van der Waals surface area contributed by atoms with E-state index in [9.17, 15) is 18.0 Å². The van der Waals surface area contributed by atoms with Crippen LogP contribution in [0.3, 0.4) is 0 Å². The lowest BCUT2D eigenvalue weighted by Crippen LogP contribution is -2.26. The van der Waals surface area contributed by atoms with Crippen molar-refractivity contribution < 1.29 is 22.7 Å². The second-order valence-corrected chi connectivity index (χ2v) is 8.16. The quantitative estimate of drug-likeness (QED) is 0.359. The Kier molecular flexibility index (Phi) is 8.47. The predicted molar refractivity (Wildman–Crippen MR) is 138 cm³/mol. The number of pyridine rings is 1. The third-order valence-electron chi connectivity index (χ3n) is 5.49. The van der Waals surface area contributed by atoms with Crippen molar-refractivity contribution in [2.45, 2.75) is 25.2 Å². The van der Waals surface area contributed by atoms with Crippen molar-refractivity contribution in [2.24, 2.45) is 9.98 Å². The van der Waals surface area contributed by atoms with E-state index in [2.05, 4.69) is 25.4 Å². The van der Waals surface area contributed by atoms with E-state index < -0.39 is 18.1 Å². The van der Waals surface area contributed by atoms with Gasteiger partial charge in [0, 0.05) is 44.2 Å². The van der Waals surface area contributed by atoms with Crippen molar-refractivity contribution in [1.82, 2.24) is 20.1 Å². The Morgan fingerprint density at radius 3 is 2.76 bits per heavy atom. The van der Waals surface area contributed by atoms with Crippen LogP contribution in [0.4, 0.5) is 13.2 Å².